The Morgan fingerprint density at radius 2 is 2.05 bits per heavy atom. The van der Waals surface area contributed by atoms with E-state index in [2.05, 4.69) is 0 Å². The molecule has 108 valence electrons. The molecule has 3 nitrogen and oxygen atoms in total. The summed E-state index contributed by atoms with van der Waals surface area (Å²) in [7, 11) is 0. The van der Waals surface area contributed by atoms with Gasteiger partial charge in [0, 0.05) is 6.42 Å². The smallest absolute Gasteiger partial charge is 0.316 e. The third-order valence-electron chi connectivity index (χ3n) is 3.72. The number of ketones is 1. The van der Waals surface area contributed by atoms with Gasteiger partial charge in [0.05, 0.1) is 6.61 Å². The Balaban J connectivity index is 2.05. The molecule has 2 rings (SSSR count). The van der Waals surface area contributed by atoms with Crippen molar-refractivity contribution in [1.29, 1.82) is 0 Å². The van der Waals surface area contributed by atoms with Crippen LogP contribution in [0.15, 0.2) is 24.3 Å². The van der Waals surface area contributed by atoms with Gasteiger partial charge in [-0.2, -0.15) is 0 Å². The van der Waals surface area contributed by atoms with Crippen LogP contribution in [0, 0.1) is 11.7 Å². The predicted octanol–water partition coefficient (Wildman–Crippen LogP) is 3.23. The fourth-order valence-corrected chi connectivity index (χ4v) is 2.59. The Morgan fingerprint density at radius 1 is 1.35 bits per heavy atom. The molecule has 0 aromatic heterocycles. The van der Waals surface area contributed by atoms with Crippen molar-refractivity contribution in [3.63, 3.8) is 0 Å². The molecule has 4 heteroatoms. The summed E-state index contributed by atoms with van der Waals surface area (Å²) in [4.78, 5) is 23.8. The lowest BCUT2D eigenvalue weighted by Crippen LogP contribution is -2.32. The summed E-state index contributed by atoms with van der Waals surface area (Å²) < 4.78 is 18.0. The molecule has 20 heavy (non-hydrogen) atoms. The van der Waals surface area contributed by atoms with Crippen LogP contribution >= 0.6 is 0 Å². The maximum Gasteiger partial charge on any atom is 0.316 e. The molecule has 0 amide bonds. The van der Waals surface area contributed by atoms with Gasteiger partial charge >= 0.3 is 5.97 Å². The first-order valence-corrected chi connectivity index (χ1v) is 7.06. The van der Waals surface area contributed by atoms with E-state index in [1.54, 1.807) is 12.1 Å². The lowest BCUT2D eigenvalue weighted by Gasteiger charge is -2.27. The SMILES string of the molecule is CCCOC(=O)C1CC(c2ccc(F)cc2)CCC1=O. The zero-order valence-electron chi connectivity index (χ0n) is 11.6. The molecule has 0 radical (unpaired) electrons. The van der Waals surface area contributed by atoms with Gasteiger partial charge in [-0.3, -0.25) is 9.59 Å². The molecule has 0 aliphatic heterocycles. The predicted molar refractivity (Wildman–Crippen MR) is 72.7 cm³/mol. The zero-order chi connectivity index (χ0) is 14.5. The minimum absolute atomic E-state index is 0.0375. The Labute approximate surface area is 118 Å². The van der Waals surface area contributed by atoms with E-state index in [-0.39, 0.29) is 17.5 Å². The lowest BCUT2D eigenvalue weighted by molar-refractivity contribution is -0.153. The number of esters is 1. The second-order valence-corrected chi connectivity index (χ2v) is 5.21. The van der Waals surface area contributed by atoms with E-state index in [4.69, 9.17) is 4.74 Å². The maximum absolute atomic E-state index is 12.9. The van der Waals surface area contributed by atoms with Crippen molar-refractivity contribution in [1.82, 2.24) is 0 Å². The third kappa shape index (κ3) is 3.44. The van der Waals surface area contributed by atoms with Gasteiger partial charge in [0.2, 0.25) is 0 Å². The fraction of sp³-hybridized carbons (Fsp3) is 0.500. The van der Waals surface area contributed by atoms with Crippen LogP contribution in [0.4, 0.5) is 4.39 Å². The van der Waals surface area contributed by atoms with Gasteiger partial charge in [-0.1, -0.05) is 19.1 Å². The van der Waals surface area contributed by atoms with E-state index in [0.717, 1.165) is 12.0 Å². The largest absolute Gasteiger partial charge is 0.465 e. The first-order valence-electron chi connectivity index (χ1n) is 7.06. The average Bonchev–Trinajstić information content (AvgIpc) is 2.46. The first-order chi connectivity index (χ1) is 9.61. The van der Waals surface area contributed by atoms with E-state index in [1.165, 1.54) is 12.1 Å². The number of Topliss-reactive ketones (excluding diaryl/α,β-unsaturated/α-hetero) is 1. The molecule has 0 N–H and O–H groups in total. The summed E-state index contributed by atoms with van der Waals surface area (Å²) in [6.07, 6.45) is 2.30. The highest BCUT2D eigenvalue weighted by atomic mass is 19.1. The third-order valence-corrected chi connectivity index (χ3v) is 3.72. The molecule has 0 heterocycles. The molecular formula is C16H19FO3. The number of halogens is 1. The van der Waals surface area contributed by atoms with Crippen LogP contribution in [0.1, 0.15) is 44.1 Å². The van der Waals surface area contributed by atoms with E-state index >= 15 is 0 Å². The quantitative estimate of drug-likeness (QED) is 0.627. The standard InChI is InChI=1S/C16H19FO3/c1-2-9-20-16(19)14-10-12(5-8-15(14)18)11-3-6-13(17)7-4-11/h3-4,6-7,12,14H,2,5,8-10H2,1H3. The summed E-state index contributed by atoms with van der Waals surface area (Å²) >= 11 is 0. The van der Waals surface area contributed by atoms with Crippen molar-refractivity contribution >= 4 is 11.8 Å². The van der Waals surface area contributed by atoms with Crippen LogP contribution in [-0.4, -0.2) is 18.4 Å². The summed E-state index contributed by atoms with van der Waals surface area (Å²) in [5.41, 5.74) is 0.979. The molecule has 2 atom stereocenters. The van der Waals surface area contributed by atoms with E-state index in [1.807, 2.05) is 6.92 Å². The number of ether oxygens (including phenoxy) is 1. The van der Waals surface area contributed by atoms with Crippen molar-refractivity contribution in [3.8, 4) is 0 Å². The Morgan fingerprint density at radius 3 is 2.70 bits per heavy atom. The molecule has 0 saturated heterocycles. The molecule has 1 saturated carbocycles. The van der Waals surface area contributed by atoms with Crippen molar-refractivity contribution in [2.75, 3.05) is 6.61 Å². The summed E-state index contributed by atoms with van der Waals surface area (Å²) in [6, 6.07) is 6.28. The maximum atomic E-state index is 12.9. The van der Waals surface area contributed by atoms with Crippen molar-refractivity contribution in [2.45, 2.75) is 38.5 Å². The van der Waals surface area contributed by atoms with Crippen molar-refractivity contribution in [3.05, 3.63) is 35.6 Å². The van der Waals surface area contributed by atoms with Crippen molar-refractivity contribution in [2.24, 2.45) is 5.92 Å². The highest BCUT2D eigenvalue weighted by Gasteiger charge is 2.35. The minimum Gasteiger partial charge on any atom is -0.465 e. The van der Waals surface area contributed by atoms with Crippen LogP contribution < -0.4 is 0 Å². The Bertz CT molecular complexity index is 481. The number of benzene rings is 1. The van der Waals surface area contributed by atoms with Gasteiger partial charge in [-0.05, 0) is 42.9 Å². The van der Waals surface area contributed by atoms with Crippen LogP contribution in [0.5, 0.6) is 0 Å². The van der Waals surface area contributed by atoms with E-state index in [9.17, 15) is 14.0 Å². The van der Waals surface area contributed by atoms with Crippen LogP contribution in [0.25, 0.3) is 0 Å². The van der Waals surface area contributed by atoms with Gasteiger partial charge < -0.3 is 4.74 Å². The normalized spacial score (nSPS) is 22.6. The van der Waals surface area contributed by atoms with Gasteiger partial charge in [0.25, 0.3) is 0 Å². The highest BCUT2D eigenvalue weighted by molar-refractivity contribution is 5.99. The molecule has 1 aliphatic rings. The molecule has 0 bridgehead atoms. The van der Waals surface area contributed by atoms with Crippen molar-refractivity contribution < 1.29 is 18.7 Å². The lowest BCUT2D eigenvalue weighted by atomic mass is 9.77. The molecular weight excluding hydrogens is 259 g/mol. The first kappa shape index (κ1) is 14.7. The molecule has 1 aromatic rings. The molecule has 2 unspecified atom stereocenters. The van der Waals surface area contributed by atoms with Gasteiger partial charge in [0.1, 0.15) is 17.5 Å². The number of rotatable bonds is 4. The van der Waals surface area contributed by atoms with Crippen LogP contribution in [0.3, 0.4) is 0 Å². The molecule has 1 fully saturated rings. The highest BCUT2D eigenvalue weighted by Crippen LogP contribution is 2.35. The average molecular weight is 278 g/mol. The fourth-order valence-electron chi connectivity index (χ4n) is 2.59. The van der Waals surface area contributed by atoms with Crippen LogP contribution in [0.2, 0.25) is 0 Å². The minimum atomic E-state index is -0.662. The van der Waals surface area contributed by atoms with E-state index in [0.29, 0.717) is 25.9 Å². The Kier molecular flexibility index (Phi) is 4.88. The van der Waals surface area contributed by atoms with E-state index < -0.39 is 11.9 Å². The van der Waals surface area contributed by atoms with Gasteiger partial charge in [-0.25, -0.2) is 4.39 Å². The summed E-state index contributed by atoms with van der Waals surface area (Å²) in [5, 5.41) is 0. The Hall–Kier alpha value is -1.71. The topological polar surface area (TPSA) is 43.4 Å². The molecule has 1 aliphatic carbocycles. The van der Waals surface area contributed by atoms with Crippen LogP contribution in [-0.2, 0) is 14.3 Å². The second kappa shape index (κ2) is 6.64. The monoisotopic (exact) mass is 278 g/mol. The number of carbonyl (C=O) groups excluding carboxylic acids is 2. The molecule has 1 aromatic carbocycles. The van der Waals surface area contributed by atoms with Gasteiger partial charge in [-0.15, -0.1) is 0 Å². The molecule has 0 spiro atoms. The second-order valence-electron chi connectivity index (χ2n) is 5.21. The summed E-state index contributed by atoms with van der Waals surface area (Å²) in [5.74, 6) is -1.27. The van der Waals surface area contributed by atoms with Gasteiger partial charge in [0.15, 0.2) is 0 Å². The number of carbonyl (C=O) groups is 2. The number of hydrogen-bond acceptors (Lipinski definition) is 3. The zero-order valence-corrected chi connectivity index (χ0v) is 11.6. The number of hydrogen-bond donors (Lipinski definition) is 0. The summed E-state index contributed by atoms with van der Waals surface area (Å²) in [6.45, 7) is 2.26.